The van der Waals surface area contributed by atoms with Crippen molar-refractivity contribution < 1.29 is 18.7 Å². The maximum atomic E-state index is 13.4. The number of rotatable bonds is 6. The zero-order valence-corrected chi connectivity index (χ0v) is 10.8. The van der Waals surface area contributed by atoms with Gasteiger partial charge in [0.1, 0.15) is 11.6 Å². The molecular weight excluding hydrogens is 254 g/mol. The molecule has 0 atom stereocenters. The zero-order chi connectivity index (χ0) is 14.3. The second-order valence-electron chi connectivity index (χ2n) is 4.12. The van der Waals surface area contributed by atoms with Gasteiger partial charge in [-0.25, -0.2) is 13.6 Å². The molecule has 0 bridgehead atoms. The number of hydrogen-bond donors (Lipinski definition) is 2. The second-order valence-corrected chi connectivity index (χ2v) is 4.12. The number of aliphatic hydroxyl groups excluding tert-OH is 1. The van der Waals surface area contributed by atoms with Gasteiger partial charge in [-0.3, -0.25) is 0 Å². The predicted molar refractivity (Wildman–Crippen MR) is 68.9 cm³/mol. The van der Waals surface area contributed by atoms with Gasteiger partial charge in [-0.15, -0.1) is 0 Å². The summed E-state index contributed by atoms with van der Waals surface area (Å²) in [6.07, 6.45) is 1.67. The standard InChI is InChI=1S/C13H18F2N2O2/c1-2-3-6-17(7-8-18)13(19)16-12-9-10(14)4-5-11(12)15/h4-5,9,18H,2-3,6-8H2,1H3,(H,16,19). The van der Waals surface area contributed by atoms with Crippen molar-refractivity contribution in [2.75, 3.05) is 25.0 Å². The molecule has 2 amide bonds. The van der Waals surface area contributed by atoms with Gasteiger partial charge < -0.3 is 15.3 Å². The summed E-state index contributed by atoms with van der Waals surface area (Å²) >= 11 is 0. The Kier molecular flexibility index (Phi) is 6.21. The van der Waals surface area contributed by atoms with Gasteiger partial charge >= 0.3 is 6.03 Å². The van der Waals surface area contributed by atoms with Crippen LogP contribution in [0.15, 0.2) is 18.2 Å². The van der Waals surface area contributed by atoms with Crippen LogP contribution < -0.4 is 5.32 Å². The molecule has 1 aromatic rings. The number of hydrogen-bond acceptors (Lipinski definition) is 2. The summed E-state index contributed by atoms with van der Waals surface area (Å²) in [4.78, 5) is 13.3. The Hall–Kier alpha value is -1.69. The highest BCUT2D eigenvalue weighted by molar-refractivity contribution is 5.89. The third-order valence-electron chi connectivity index (χ3n) is 2.61. The molecule has 0 spiro atoms. The van der Waals surface area contributed by atoms with Crippen LogP contribution in [0.2, 0.25) is 0 Å². The lowest BCUT2D eigenvalue weighted by Gasteiger charge is -2.22. The predicted octanol–water partition coefficient (Wildman–Crippen LogP) is 2.59. The van der Waals surface area contributed by atoms with E-state index in [1.807, 2.05) is 6.92 Å². The first kappa shape index (κ1) is 15.4. The van der Waals surface area contributed by atoms with Crippen molar-refractivity contribution in [3.05, 3.63) is 29.8 Å². The van der Waals surface area contributed by atoms with Crippen LogP contribution in [0.4, 0.5) is 19.3 Å². The fraction of sp³-hybridized carbons (Fsp3) is 0.462. The third kappa shape index (κ3) is 4.82. The van der Waals surface area contributed by atoms with Crippen molar-refractivity contribution in [3.8, 4) is 0 Å². The Bertz CT molecular complexity index is 427. The Morgan fingerprint density at radius 3 is 2.74 bits per heavy atom. The summed E-state index contributed by atoms with van der Waals surface area (Å²) in [7, 11) is 0. The van der Waals surface area contributed by atoms with Crippen LogP contribution in [0.1, 0.15) is 19.8 Å². The molecule has 0 radical (unpaired) electrons. The van der Waals surface area contributed by atoms with Crippen LogP contribution >= 0.6 is 0 Å². The Morgan fingerprint density at radius 1 is 1.37 bits per heavy atom. The molecular formula is C13H18F2N2O2. The van der Waals surface area contributed by atoms with Crippen molar-refractivity contribution in [2.24, 2.45) is 0 Å². The second kappa shape index (κ2) is 7.68. The van der Waals surface area contributed by atoms with Crippen molar-refractivity contribution in [1.82, 2.24) is 4.90 Å². The molecule has 1 rings (SSSR count). The van der Waals surface area contributed by atoms with E-state index in [0.29, 0.717) is 6.54 Å². The van der Waals surface area contributed by atoms with E-state index in [1.165, 1.54) is 4.90 Å². The summed E-state index contributed by atoms with van der Waals surface area (Å²) in [5.41, 5.74) is -0.204. The maximum Gasteiger partial charge on any atom is 0.322 e. The molecule has 0 fully saturated rings. The monoisotopic (exact) mass is 272 g/mol. The number of amides is 2. The molecule has 0 unspecified atom stereocenters. The molecule has 6 heteroatoms. The fourth-order valence-electron chi connectivity index (χ4n) is 1.57. The van der Waals surface area contributed by atoms with Crippen LogP contribution in [0.5, 0.6) is 0 Å². The highest BCUT2D eigenvalue weighted by atomic mass is 19.1. The van der Waals surface area contributed by atoms with E-state index in [2.05, 4.69) is 5.32 Å². The third-order valence-corrected chi connectivity index (χ3v) is 2.61. The van der Waals surface area contributed by atoms with E-state index in [1.54, 1.807) is 0 Å². The minimum atomic E-state index is -0.700. The first-order valence-electron chi connectivity index (χ1n) is 6.20. The van der Waals surface area contributed by atoms with Gasteiger partial charge in [-0.1, -0.05) is 13.3 Å². The summed E-state index contributed by atoms with van der Waals surface area (Å²) < 4.78 is 26.4. The lowest BCUT2D eigenvalue weighted by molar-refractivity contribution is 0.187. The molecule has 1 aromatic carbocycles. The molecule has 0 heterocycles. The number of aliphatic hydroxyl groups is 1. The van der Waals surface area contributed by atoms with Crippen molar-refractivity contribution in [3.63, 3.8) is 0 Å². The number of anilines is 1. The fourth-order valence-corrected chi connectivity index (χ4v) is 1.57. The SMILES string of the molecule is CCCCN(CCO)C(=O)Nc1cc(F)ccc1F. The van der Waals surface area contributed by atoms with Gasteiger partial charge in [0.15, 0.2) is 0 Å². The lowest BCUT2D eigenvalue weighted by atomic mass is 10.3. The normalized spacial score (nSPS) is 10.3. The number of halogens is 2. The van der Waals surface area contributed by atoms with Crippen molar-refractivity contribution >= 4 is 11.7 Å². The first-order valence-corrected chi connectivity index (χ1v) is 6.20. The molecule has 0 aliphatic rings. The topological polar surface area (TPSA) is 52.6 Å². The molecule has 0 saturated heterocycles. The van der Waals surface area contributed by atoms with E-state index in [9.17, 15) is 13.6 Å². The number of carbonyl (C=O) groups excluding carboxylic acids is 1. The molecule has 4 nitrogen and oxygen atoms in total. The summed E-state index contributed by atoms with van der Waals surface area (Å²) in [5, 5.41) is 11.2. The van der Waals surface area contributed by atoms with Crippen LogP contribution in [-0.4, -0.2) is 35.7 Å². The Balaban J connectivity index is 2.71. The zero-order valence-electron chi connectivity index (χ0n) is 10.8. The number of carbonyl (C=O) groups is 1. The van der Waals surface area contributed by atoms with E-state index in [0.717, 1.165) is 31.0 Å². The maximum absolute atomic E-state index is 13.4. The molecule has 0 aliphatic heterocycles. The summed E-state index contributed by atoms with van der Waals surface area (Å²) in [6.45, 7) is 2.41. The molecule has 0 aromatic heterocycles. The minimum Gasteiger partial charge on any atom is -0.395 e. The molecule has 2 N–H and O–H groups in total. The average molecular weight is 272 g/mol. The smallest absolute Gasteiger partial charge is 0.322 e. The van der Waals surface area contributed by atoms with Crippen LogP contribution in [-0.2, 0) is 0 Å². The van der Waals surface area contributed by atoms with E-state index in [-0.39, 0.29) is 18.8 Å². The minimum absolute atomic E-state index is 0.156. The molecule has 106 valence electrons. The van der Waals surface area contributed by atoms with Crippen LogP contribution in [0, 0.1) is 11.6 Å². The number of unbranched alkanes of at least 4 members (excludes halogenated alkanes) is 1. The van der Waals surface area contributed by atoms with E-state index >= 15 is 0 Å². The summed E-state index contributed by atoms with van der Waals surface area (Å²) in [6, 6.07) is 2.30. The number of nitrogens with zero attached hydrogens (tertiary/aromatic N) is 1. The molecule has 19 heavy (non-hydrogen) atoms. The average Bonchev–Trinajstić information content (AvgIpc) is 2.38. The highest BCUT2D eigenvalue weighted by Crippen LogP contribution is 2.15. The van der Waals surface area contributed by atoms with Crippen molar-refractivity contribution in [1.29, 1.82) is 0 Å². The quantitative estimate of drug-likeness (QED) is 0.836. The molecule has 0 aliphatic carbocycles. The van der Waals surface area contributed by atoms with Crippen LogP contribution in [0.25, 0.3) is 0 Å². The Morgan fingerprint density at radius 2 is 2.11 bits per heavy atom. The Labute approximate surface area is 111 Å². The van der Waals surface area contributed by atoms with Gasteiger partial charge in [0.25, 0.3) is 0 Å². The van der Waals surface area contributed by atoms with E-state index in [4.69, 9.17) is 5.11 Å². The summed E-state index contributed by atoms with van der Waals surface area (Å²) in [5.74, 6) is -1.33. The van der Waals surface area contributed by atoms with Gasteiger partial charge in [-0.05, 0) is 18.6 Å². The van der Waals surface area contributed by atoms with Crippen LogP contribution in [0.3, 0.4) is 0 Å². The lowest BCUT2D eigenvalue weighted by Crippen LogP contribution is -2.38. The van der Waals surface area contributed by atoms with Gasteiger partial charge in [0.05, 0.1) is 12.3 Å². The number of benzene rings is 1. The molecule has 0 saturated carbocycles. The van der Waals surface area contributed by atoms with Gasteiger partial charge in [-0.2, -0.15) is 0 Å². The van der Waals surface area contributed by atoms with Gasteiger partial charge in [0, 0.05) is 19.2 Å². The number of nitrogens with one attached hydrogen (secondary N) is 1. The van der Waals surface area contributed by atoms with E-state index < -0.39 is 17.7 Å². The largest absolute Gasteiger partial charge is 0.395 e. The number of urea groups is 1. The first-order chi connectivity index (χ1) is 9.08. The van der Waals surface area contributed by atoms with Gasteiger partial charge in [0.2, 0.25) is 0 Å². The van der Waals surface area contributed by atoms with Crippen molar-refractivity contribution in [2.45, 2.75) is 19.8 Å². The highest BCUT2D eigenvalue weighted by Gasteiger charge is 2.14.